The van der Waals surface area contributed by atoms with Crippen LogP contribution in [0.25, 0.3) is 65.3 Å². The van der Waals surface area contributed by atoms with Gasteiger partial charge in [0.15, 0.2) is 0 Å². The molecule has 3 nitrogen and oxygen atoms in total. The number of rotatable bonds is 11. The molecule has 0 unspecified atom stereocenters. The lowest BCUT2D eigenvalue weighted by molar-refractivity contribution is 1.29. The minimum atomic E-state index is 1.11. The Morgan fingerprint density at radius 2 is 0.315 bits per heavy atom. The number of anilines is 9. The zero-order valence-electron chi connectivity index (χ0n) is 40.1. The summed E-state index contributed by atoms with van der Waals surface area (Å²) in [6.07, 6.45) is 0. The summed E-state index contributed by atoms with van der Waals surface area (Å²) in [5.41, 5.74) is 14.9. The van der Waals surface area contributed by atoms with Crippen molar-refractivity contribution in [1.29, 1.82) is 0 Å². The molecule has 0 aliphatic heterocycles. The zero-order chi connectivity index (χ0) is 48.5. The predicted octanol–water partition coefficient (Wildman–Crippen LogP) is 20.0. The average molecular weight is 932 g/mol. The number of para-hydroxylation sites is 5. The molecule has 0 aliphatic rings. The third-order valence-electron chi connectivity index (χ3n) is 14.1. The van der Waals surface area contributed by atoms with E-state index < -0.39 is 0 Å². The maximum absolute atomic E-state index is 2.36. The molecule has 0 atom stereocenters. The highest BCUT2D eigenvalue weighted by atomic mass is 15.2. The molecule has 0 aliphatic carbocycles. The molecule has 0 amide bonds. The van der Waals surface area contributed by atoms with Gasteiger partial charge < -0.3 is 14.7 Å². The Bertz CT molecular complexity index is 3760. The summed E-state index contributed by atoms with van der Waals surface area (Å²) in [5.74, 6) is 0. The minimum absolute atomic E-state index is 1.11. The lowest BCUT2D eigenvalue weighted by atomic mass is 9.97. The van der Waals surface area contributed by atoms with Crippen LogP contribution in [0, 0.1) is 0 Å². The Hall–Kier alpha value is -9.70. The molecule has 0 spiro atoms. The maximum atomic E-state index is 2.36. The zero-order valence-corrected chi connectivity index (χ0v) is 40.1. The smallest absolute Gasteiger partial charge is 0.0468 e. The van der Waals surface area contributed by atoms with Gasteiger partial charge in [-0.1, -0.05) is 164 Å². The van der Waals surface area contributed by atoms with Crippen LogP contribution in [0.4, 0.5) is 51.2 Å². The van der Waals surface area contributed by atoms with Gasteiger partial charge in [-0.2, -0.15) is 0 Å². The Morgan fingerprint density at radius 3 is 0.534 bits per heavy atom. The molecule has 13 aromatic rings. The average Bonchev–Trinajstić information content (AvgIpc) is 3.46. The topological polar surface area (TPSA) is 9.72 Å². The van der Waals surface area contributed by atoms with Crippen molar-refractivity contribution in [3.8, 4) is 22.3 Å². The molecule has 3 heteroatoms. The SMILES string of the molecule is c1ccc(N(c2ccccc2)c2ccc3cc(-c4ccc5cc(N(c6ccccc6)c6ccc7cc(-c8ccc9cc(N(c%10ccccc%10)c%10ccccc%10)ccc9c8)ccc7c6)ccc5c4)ccc3c2)cc1. The van der Waals surface area contributed by atoms with E-state index in [-0.39, 0.29) is 0 Å². The van der Waals surface area contributed by atoms with Gasteiger partial charge in [0.2, 0.25) is 0 Å². The molecule has 13 rings (SSSR count). The molecule has 0 heterocycles. The first-order valence-electron chi connectivity index (χ1n) is 25.0. The van der Waals surface area contributed by atoms with Crippen molar-refractivity contribution in [2.45, 2.75) is 0 Å². The molecule has 0 saturated heterocycles. The summed E-state index contributed by atoms with van der Waals surface area (Å²) in [6, 6.07) is 108. The van der Waals surface area contributed by atoms with E-state index in [1.807, 2.05) is 0 Å². The van der Waals surface area contributed by atoms with Gasteiger partial charge in [0.25, 0.3) is 0 Å². The van der Waals surface area contributed by atoms with Crippen molar-refractivity contribution >= 4 is 94.3 Å². The summed E-state index contributed by atoms with van der Waals surface area (Å²) in [7, 11) is 0. The highest BCUT2D eigenvalue weighted by Crippen LogP contribution is 2.41. The monoisotopic (exact) mass is 931 g/mol. The molecule has 0 bridgehead atoms. The van der Waals surface area contributed by atoms with E-state index in [1.54, 1.807) is 0 Å². The van der Waals surface area contributed by atoms with Crippen LogP contribution in [0.15, 0.2) is 297 Å². The van der Waals surface area contributed by atoms with Crippen LogP contribution in [-0.4, -0.2) is 0 Å². The van der Waals surface area contributed by atoms with Crippen LogP contribution in [0.5, 0.6) is 0 Å². The fourth-order valence-electron chi connectivity index (χ4n) is 10.4. The van der Waals surface area contributed by atoms with E-state index in [1.165, 1.54) is 65.3 Å². The molecular formula is C70H49N3. The first-order valence-corrected chi connectivity index (χ1v) is 25.0. The van der Waals surface area contributed by atoms with Gasteiger partial charge in [-0.15, -0.1) is 0 Å². The first kappa shape index (κ1) is 43.3. The number of benzene rings is 13. The fraction of sp³-hybridized carbons (Fsp3) is 0. The lowest BCUT2D eigenvalue weighted by Crippen LogP contribution is -2.09. The van der Waals surface area contributed by atoms with Crippen molar-refractivity contribution in [2.24, 2.45) is 0 Å². The number of hydrogen-bond acceptors (Lipinski definition) is 3. The molecule has 0 radical (unpaired) electrons. The van der Waals surface area contributed by atoms with Gasteiger partial charge >= 0.3 is 0 Å². The molecular weight excluding hydrogens is 883 g/mol. The van der Waals surface area contributed by atoms with Gasteiger partial charge in [-0.05, 0) is 199 Å². The highest BCUT2D eigenvalue weighted by molar-refractivity contribution is 5.98. The summed E-state index contributed by atoms with van der Waals surface area (Å²) in [5, 5.41) is 9.61. The highest BCUT2D eigenvalue weighted by Gasteiger charge is 2.17. The predicted molar refractivity (Wildman–Crippen MR) is 311 cm³/mol. The summed E-state index contributed by atoms with van der Waals surface area (Å²) in [6.45, 7) is 0. The summed E-state index contributed by atoms with van der Waals surface area (Å²) >= 11 is 0. The molecule has 0 saturated carbocycles. The number of nitrogens with zero attached hydrogens (tertiary/aromatic N) is 3. The van der Waals surface area contributed by atoms with E-state index in [0.29, 0.717) is 0 Å². The first-order chi connectivity index (χ1) is 36.1. The Morgan fingerprint density at radius 1 is 0.137 bits per heavy atom. The summed E-state index contributed by atoms with van der Waals surface area (Å²) < 4.78 is 0. The van der Waals surface area contributed by atoms with Crippen molar-refractivity contribution in [1.82, 2.24) is 0 Å². The van der Waals surface area contributed by atoms with Crippen LogP contribution in [-0.2, 0) is 0 Å². The molecule has 0 aromatic heterocycles. The standard InChI is InChI=1S/C70H49N3/c1-6-16-62(17-7-1)71(63-18-8-2-9-19-63)67-38-34-54-42-50(26-30-58(54)46-67)52-28-32-60-48-69(40-36-56(60)44-52)73(66-24-14-5-15-25-66)70-41-37-57-45-53(29-33-61(57)49-70)51-27-31-59-47-68(39-35-55(59)43-51)72(64-20-10-3-11-21-64)65-22-12-4-13-23-65/h1-49H. The Labute approximate surface area is 426 Å². The van der Waals surface area contributed by atoms with Crippen molar-refractivity contribution in [3.63, 3.8) is 0 Å². The van der Waals surface area contributed by atoms with E-state index in [0.717, 1.165) is 51.2 Å². The quantitative estimate of drug-likeness (QED) is 0.128. The van der Waals surface area contributed by atoms with Crippen LogP contribution in [0.2, 0.25) is 0 Å². The normalized spacial score (nSPS) is 11.3. The van der Waals surface area contributed by atoms with Gasteiger partial charge in [0, 0.05) is 51.2 Å². The van der Waals surface area contributed by atoms with Gasteiger partial charge in [0.05, 0.1) is 0 Å². The van der Waals surface area contributed by atoms with Crippen LogP contribution >= 0.6 is 0 Å². The minimum Gasteiger partial charge on any atom is -0.310 e. The second-order valence-electron chi connectivity index (χ2n) is 18.7. The van der Waals surface area contributed by atoms with Crippen molar-refractivity contribution in [2.75, 3.05) is 14.7 Å². The Kier molecular flexibility index (Phi) is 11.2. The van der Waals surface area contributed by atoms with Crippen LogP contribution < -0.4 is 14.7 Å². The van der Waals surface area contributed by atoms with E-state index in [2.05, 4.69) is 312 Å². The molecule has 0 N–H and O–H groups in total. The van der Waals surface area contributed by atoms with Crippen LogP contribution in [0.1, 0.15) is 0 Å². The van der Waals surface area contributed by atoms with E-state index in [9.17, 15) is 0 Å². The molecule has 344 valence electrons. The van der Waals surface area contributed by atoms with Gasteiger partial charge in [-0.25, -0.2) is 0 Å². The second kappa shape index (κ2) is 18.9. The fourth-order valence-corrected chi connectivity index (χ4v) is 10.4. The van der Waals surface area contributed by atoms with Crippen molar-refractivity contribution in [3.05, 3.63) is 297 Å². The molecule has 0 fully saturated rings. The Balaban J connectivity index is 0.778. The number of hydrogen-bond donors (Lipinski definition) is 0. The number of fused-ring (bicyclic) bond motifs is 4. The van der Waals surface area contributed by atoms with E-state index in [4.69, 9.17) is 0 Å². The van der Waals surface area contributed by atoms with Gasteiger partial charge in [0.1, 0.15) is 0 Å². The maximum Gasteiger partial charge on any atom is 0.0468 e. The largest absolute Gasteiger partial charge is 0.310 e. The lowest BCUT2D eigenvalue weighted by Gasteiger charge is -2.26. The summed E-state index contributed by atoms with van der Waals surface area (Å²) in [4.78, 5) is 6.99. The van der Waals surface area contributed by atoms with Crippen LogP contribution in [0.3, 0.4) is 0 Å². The van der Waals surface area contributed by atoms with Gasteiger partial charge in [-0.3, -0.25) is 0 Å². The molecule has 73 heavy (non-hydrogen) atoms. The third-order valence-corrected chi connectivity index (χ3v) is 14.1. The second-order valence-corrected chi connectivity index (χ2v) is 18.7. The third kappa shape index (κ3) is 8.60. The van der Waals surface area contributed by atoms with Crippen molar-refractivity contribution < 1.29 is 0 Å². The van der Waals surface area contributed by atoms with E-state index >= 15 is 0 Å². The molecule has 13 aromatic carbocycles.